The maximum Gasteiger partial charge on any atom is 0.337 e. The molecule has 9 heteroatoms. The summed E-state index contributed by atoms with van der Waals surface area (Å²) in [4.78, 5) is 48.0. The number of benzene rings is 1. The average molecular weight is 402 g/mol. The van der Waals surface area contributed by atoms with Crippen molar-refractivity contribution in [2.75, 3.05) is 7.05 Å². The van der Waals surface area contributed by atoms with Crippen molar-refractivity contribution in [3.8, 4) is 5.69 Å². The van der Waals surface area contributed by atoms with Crippen LogP contribution in [0.25, 0.3) is 11.8 Å². The number of rotatable bonds is 3. The molecule has 1 aromatic carbocycles. The number of carbonyl (C=O) groups excluding carboxylic acids is 3. The number of carboxylic acids is 1. The molecule has 0 aliphatic carbocycles. The molecule has 0 saturated carbocycles. The van der Waals surface area contributed by atoms with E-state index >= 15 is 0 Å². The standard InChI is InChI=1S/C19H16ClN3O5/c1-9-6-11(7-14-16(24)21-19(28)22(3)17(14)25)10(2)23(9)12-4-5-15(20)13(8-12)18(26)27/h4-8H,1-3H3,(H,26,27)(H,21,24,28)/b14-7-. The third kappa shape index (κ3) is 3.18. The Morgan fingerprint density at radius 3 is 2.50 bits per heavy atom. The Morgan fingerprint density at radius 1 is 1.18 bits per heavy atom. The highest BCUT2D eigenvalue weighted by Gasteiger charge is 2.33. The molecule has 0 atom stereocenters. The van der Waals surface area contributed by atoms with Gasteiger partial charge in [0.1, 0.15) is 5.57 Å². The second kappa shape index (κ2) is 6.97. The quantitative estimate of drug-likeness (QED) is 0.606. The maximum absolute atomic E-state index is 12.3. The number of likely N-dealkylation sites (N-methyl/N-ethyl adjacent to an activating group) is 1. The van der Waals surface area contributed by atoms with E-state index in [2.05, 4.69) is 5.32 Å². The van der Waals surface area contributed by atoms with Crippen molar-refractivity contribution in [2.45, 2.75) is 13.8 Å². The molecule has 1 saturated heterocycles. The van der Waals surface area contributed by atoms with Crippen LogP contribution in [-0.4, -0.2) is 45.4 Å². The number of carbonyl (C=O) groups is 4. The molecule has 0 unspecified atom stereocenters. The highest BCUT2D eigenvalue weighted by atomic mass is 35.5. The molecule has 3 rings (SSSR count). The van der Waals surface area contributed by atoms with E-state index in [1.165, 1.54) is 25.3 Å². The van der Waals surface area contributed by atoms with E-state index in [0.717, 1.165) is 10.6 Å². The van der Waals surface area contributed by atoms with E-state index in [9.17, 15) is 24.3 Å². The van der Waals surface area contributed by atoms with Crippen LogP contribution in [0.5, 0.6) is 0 Å². The van der Waals surface area contributed by atoms with Gasteiger partial charge >= 0.3 is 12.0 Å². The first kappa shape index (κ1) is 19.4. The fraction of sp³-hybridized carbons (Fsp3) is 0.158. The topological polar surface area (TPSA) is 109 Å². The Kier molecular flexibility index (Phi) is 4.82. The number of urea groups is 1. The fourth-order valence-electron chi connectivity index (χ4n) is 3.05. The summed E-state index contributed by atoms with van der Waals surface area (Å²) in [6, 6.07) is 5.60. The third-order valence-electron chi connectivity index (χ3n) is 4.51. The summed E-state index contributed by atoms with van der Waals surface area (Å²) in [5, 5.41) is 11.5. The van der Waals surface area contributed by atoms with E-state index in [4.69, 9.17) is 11.6 Å². The van der Waals surface area contributed by atoms with Gasteiger partial charge in [-0.1, -0.05) is 11.6 Å². The number of hydrogen-bond donors (Lipinski definition) is 2. The molecule has 1 aliphatic rings. The highest BCUT2D eigenvalue weighted by molar-refractivity contribution is 6.33. The number of amides is 4. The molecule has 144 valence electrons. The van der Waals surface area contributed by atoms with Crippen LogP contribution in [0, 0.1) is 13.8 Å². The minimum Gasteiger partial charge on any atom is -0.478 e. The molecule has 2 heterocycles. The SMILES string of the molecule is Cc1cc(/C=C2/C(=O)NC(=O)N(C)C2=O)c(C)n1-c1ccc(Cl)c(C(=O)O)c1. The minimum atomic E-state index is -1.14. The second-order valence-corrected chi connectivity index (χ2v) is 6.72. The van der Waals surface area contributed by atoms with Gasteiger partial charge in [0, 0.05) is 24.1 Å². The Hall–Kier alpha value is -3.39. The van der Waals surface area contributed by atoms with Gasteiger partial charge in [-0.15, -0.1) is 0 Å². The molecular weight excluding hydrogens is 386 g/mol. The Labute approximate surface area is 165 Å². The summed E-state index contributed by atoms with van der Waals surface area (Å²) >= 11 is 5.94. The van der Waals surface area contributed by atoms with E-state index in [-0.39, 0.29) is 16.2 Å². The normalized spacial score (nSPS) is 15.9. The monoisotopic (exact) mass is 401 g/mol. The number of barbiturate groups is 1. The molecule has 2 aromatic rings. The lowest BCUT2D eigenvalue weighted by atomic mass is 10.1. The number of halogens is 1. The minimum absolute atomic E-state index is 0.0338. The van der Waals surface area contributed by atoms with Crippen molar-refractivity contribution in [3.05, 3.63) is 57.4 Å². The second-order valence-electron chi connectivity index (χ2n) is 6.31. The maximum atomic E-state index is 12.3. The van der Waals surface area contributed by atoms with Gasteiger partial charge in [-0.3, -0.25) is 19.8 Å². The first-order chi connectivity index (χ1) is 13.1. The highest BCUT2D eigenvalue weighted by Crippen LogP contribution is 2.26. The van der Waals surface area contributed by atoms with Crippen LogP contribution in [0.2, 0.25) is 5.02 Å². The molecule has 2 N–H and O–H groups in total. The number of nitrogens with zero attached hydrogens (tertiary/aromatic N) is 2. The predicted octanol–water partition coefficient (Wildman–Crippen LogP) is 2.54. The Bertz CT molecular complexity index is 1080. The summed E-state index contributed by atoms with van der Waals surface area (Å²) in [7, 11) is 1.28. The van der Waals surface area contributed by atoms with Crippen molar-refractivity contribution in [3.63, 3.8) is 0 Å². The lowest BCUT2D eigenvalue weighted by Gasteiger charge is -2.22. The zero-order valence-corrected chi connectivity index (χ0v) is 16.0. The number of aromatic nitrogens is 1. The average Bonchev–Trinajstić information content (AvgIpc) is 2.91. The molecule has 1 aliphatic heterocycles. The van der Waals surface area contributed by atoms with Crippen LogP contribution in [0.3, 0.4) is 0 Å². The lowest BCUT2D eigenvalue weighted by Crippen LogP contribution is -2.52. The van der Waals surface area contributed by atoms with Crippen molar-refractivity contribution in [2.24, 2.45) is 0 Å². The molecule has 4 amide bonds. The van der Waals surface area contributed by atoms with Crippen molar-refractivity contribution < 1.29 is 24.3 Å². The first-order valence-corrected chi connectivity index (χ1v) is 8.57. The molecule has 0 bridgehead atoms. The molecule has 0 radical (unpaired) electrons. The van der Waals surface area contributed by atoms with Crippen LogP contribution in [0.4, 0.5) is 4.79 Å². The van der Waals surface area contributed by atoms with Crippen molar-refractivity contribution in [1.82, 2.24) is 14.8 Å². The largest absolute Gasteiger partial charge is 0.478 e. The van der Waals surface area contributed by atoms with Gasteiger partial charge in [0.2, 0.25) is 0 Å². The smallest absolute Gasteiger partial charge is 0.337 e. The Balaban J connectivity index is 2.10. The van der Waals surface area contributed by atoms with Crippen LogP contribution >= 0.6 is 11.6 Å². The third-order valence-corrected chi connectivity index (χ3v) is 4.84. The van der Waals surface area contributed by atoms with Crippen molar-refractivity contribution in [1.29, 1.82) is 0 Å². The van der Waals surface area contributed by atoms with Crippen LogP contribution in [-0.2, 0) is 9.59 Å². The molecular formula is C19H16ClN3O5. The zero-order valence-electron chi connectivity index (χ0n) is 15.2. The van der Waals surface area contributed by atoms with Gasteiger partial charge in [0.15, 0.2) is 0 Å². The number of aromatic carboxylic acids is 1. The van der Waals surface area contributed by atoms with Gasteiger partial charge in [0.05, 0.1) is 10.6 Å². The summed E-state index contributed by atoms with van der Waals surface area (Å²) in [6.45, 7) is 3.58. The molecule has 28 heavy (non-hydrogen) atoms. The summed E-state index contributed by atoms with van der Waals surface area (Å²) in [5.41, 5.74) is 2.41. The fourth-order valence-corrected chi connectivity index (χ4v) is 3.25. The molecule has 1 fully saturated rings. The van der Waals surface area contributed by atoms with E-state index in [1.807, 2.05) is 6.92 Å². The van der Waals surface area contributed by atoms with Gasteiger partial charge in [0.25, 0.3) is 11.8 Å². The van der Waals surface area contributed by atoms with Crippen LogP contribution in [0.1, 0.15) is 27.3 Å². The van der Waals surface area contributed by atoms with Gasteiger partial charge in [-0.25, -0.2) is 9.59 Å². The summed E-state index contributed by atoms with van der Waals surface area (Å²) in [5.74, 6) is -2.61. The van der Waals surface area contributed by atoms with E-state index in [1.54, 1.807) is 23.6 Å². The van der Waals surface area contributed by atoms with Crippen LogP contribution in [0.15, 0.2) is 29.8 Å². The number of carboxylic acid groups (broad SMARTS) is 1. The number of hydrogen-bond acceptors (Lipinski definition) is 4. The molecule has 8 nitrogen and oxygen atoms in total. The van der Waals surface area contributed by atoms with Gasteiger partial charge in [-0.05, 0) is 49.8 Å². The van der Waals surface area contributed by atoms with Crippen molar-refractivity contribution >= 4 is 41.5 Å². The van der Waals surface area contributed by atoms with Gasteiger partial charge < -0.3 is 9.67 Å². The zero-order chi connectivity index (χ0) is 20.7. The van der Waals surface area contributed by atoms with Gasteiger partial charge in [-0.2, -0.15) is 0 Å². The number of aryl methyl sites for hydroxylation is 1. The summed E-state index contributed by atoms with van der Waals surface area (Å²) < 4.78 is 1.79. The number of imide groups is 2. The van der Waals surface area contributed by atoms with Crippen LogP contribution < -0.4 is 5.32 Å². The summed E-state index contributed by atoms with van der Waals surface area (Å²) in [6.07, 6.45) is 1.41. The number of nitrogens with one attached hydrogen (secondary N) is 1. The Morgan fingerprint density at radius 2 is 1.86 bits per heavy atom. The van der Waals surface area contributed by atoms with E-state index < -0.39 is 23.8 Å². The molecule has 0 spiro atoms. The van der Waals surface area contributed by atoms with E-state index in [0.29, 0.717) is 16.9 Å². The predicted molar refractivity (Wildman–Crippen MR) is 101 cm³/mol. The molecule has 1 aromatic heterocycles. The first-order valence-electron chi connectivity index (χ1n) is 8.19. The lowest BCUT2D eigenvalue weighted by molar-refractivity contribution is -0.129.